The first-order valence-electron chi connectivity index (χ1n) is 11.8. The van der Waals surface area contributed by atoms with Crippen LogP contribution in [0.15, 0.2) is 84.9 Å². The van der Waals surface area contributed by atoms with E-state index in [0.29, 0.717) is 5.56 Å². The zero-order valence-corrected chi connectivity index (χ0v) is 26.7. The average Bonchev–Trinajstić information content (AvgIpc) is 2.87. The highest BCUT2D eigenvalue weighted by molar-refractivity contribution is 7.93. The molecule has 0 aliphatic heterocycles. The molecule has 3 aromatic carbocycles. The Bertz CT molecular complexity index is 1490. The molecule has 224 valence electrons. The lowest BCUT2D eigenvalue weighted by Crippen LogP contribution is -2.89. The van der Waals surface area contributed by atoms with E-state index in [4.69, 9.17) is 7.74 Å². The lowest BCUT2D eigenvalue weighted by molar-refractivity contribution is -0.0505. The van der Waals surface area contributed by atoms with Gasteiger partial charge in [0.15, 0.2) is 0 Å². The van der Waals surface area contributed by atoms with Crippen molar-refractivity contribution in [2.24, 2.45) is 0 Å². The Labute approximate surface area is 237 Å². The molecule has 41 heavy (non-hydrogen) atoms. The molecule has 0 bridgehead atoms. The van der Waals surface area contributed by atoms with Crippen molar-refractivity contribution < 1.29 is 50.9 Å². The summed E-state index contributed by atoms with van der Waals surface area (Å²) < 4.78 is 144. The second-order valence-corrected chi connectivity index (χ2v) is 35.2. The van der Waals surface area contributed by atoms with Crippen LogP contribution in [0.5, 0.6) is 0 Å². The van der Waals surface area contributed by atoms with E-state index in [0.717, 1.165) is 13.1 Å². The van der Waals surface area contributed by atoms with Crippen LogP contribution in [0.4, 0.5) is 26.3 Å². The Hall–Kier alpha value is -2.29. The van der Waals surface area contributed by atoms with Crippen molar-refractivity contribution in [1.82, 2.24) is 0 Å². The summed E-state index contributed by atoms with van der Waals surface area (Å²) in [7, 11) is -26.5. The van der Waals surface area contributed by atoms with Crippen molar-refractivity contribution in [2.75, 3.05) is 0 Å². The van der Waals surface area contributed by atoms with Crippen LogP contribution >= 0.6 is 0 Å². The molecule has 17 heteroatoms. The SMILES string of the molecule is Cc1ccc([Si](C)([Si](C)(OS(=O)(=O)C(F)(F)F)c2ccccc2)[Si](C)(OS(=O)(=O)C(F)(F)F)c2ccccc2)cc1. The molecule has 0 saturated carbocycles. The van der Waals surface area contributed by atoms with Gasteiger partial charge >= 0.3 is 31.3 Å². The van der Waals surface area contributed by atoms with Gasteiger partial charge in [0.05, 0.1) is 0 Å². The molecular weight excluding hydrogens is 647 g/mol. The molecule has 0 heterocycles. The largest absolute Gasteiger partial charge is 0.522 e. The number of alkyl halides is 6. The predicted molar refractivity (Wildman–Crippen MR) is 150 cm³/mol. The van der Waals surface area contributed by atoms with Crippen LogP contribution < -0.4 is 15.6 Å². The smallest absolute Gasteiger partial charge is 0.306 e. The van der Waals surface area contributed by atoms with E-state index in [1.807, 2.05) is 0 Å². The molecule has 0 N–H and O–H groups in total. The molecule has 6 nitrogen and oxygen atoms in total. The first-order chi connectivity index (χ1) is 18.6. The molecule has 2 atom stereocenters. The molecule has 3 rings (SSSR count). The van der Waals surface area contributed by atoms with Gasteiger partial charge in [-0.2, -0.15) is 43.2 Å². The van der Waals surface area contributed by atoms with E-state index >= 15 is 0 Å². The van der Waals surface area contributed by atoms with E-state index in [2.05, 4.69) is 0 Å². The fourth-order valence-electron chi connectivity index (χ4n) is 4.78. The van der Waals surface area contributed by atoms with E-state index in [9.17, 15) is 43.2 Å². The van der Waals surface area contributed by atoms with Gasteiger partial charge in [0.25, 0.3) is 0 Å². The normalized spacial score (nSPS) is 17.7. The summed E-state index contributed by atoms with van der Waals surface area (Å²) >= 11 is 0. The Morgan fingerprint density at radius 2 is 0.854 bits per heavy atom. The third-order valence-electron chi connectivity index (χ3n) is 7.31. The maximum atomic E-state index is 13.8. The van der Waals surface area contributed by atoms with E-state index < -0.39 is 54.0 Å². The monoisotopic (exact) mass is 672 g/mol. The van der Waals surface area contributed by atoms with E-state index in [1.54, 1.807) is 19.1 Å². The van der Waals surface area contributed by atoms with E-state index in [1.165, 1.54) is 79.3 Å². The number of halogens is 6. The maximum Gasteiger partial charge on any atom is 0.522 e. The molecule has 3 aromatic rings. The first kappa shape index (κ1) is 33.2. The zero-order chi connectivity index (χ0) is 31.1. The number of benzene rings is 3. The minimum atomic E-state index is -6.33. The summed E-state index contributed by atoms with van der Waals surface area (Å²) in [5.74, 6) is 0. The third kappa shape index (κ3) is 5.98. The van der Waals surface area contributed by atoms with Gasteiger partial charge in [-0.3, -0.25) is 0 Å². The average molecular weight is 673 g/mol. The lowest BCUT2D eigenvalue weighted by atomic mass is 10.2. The van der Waals surface area contributed by atoms with Gasteiger partial charge in [-0.05, 0) is 30.4 Å². The highest BCUT2D eigenvalue weighted by Crippen LogP contribution is 2.38. The third-order valence-corrected chi connectivity index (χ3v) is 46.0. The van der Waals surface area contributed by atoms with Gasteiger partial charge in [0.1, 0.15) is 7.11 Å². The molecule has 0 aliphatic carbocycles. The van der Waals surface area contributed by atoms with Crippen LogP contribution in [0.3, 0.4) is 0 Å². The highest BCUT2D eigenvalue weighted by Gasteiger charge is 2.71. The van der Waals surface area contributed by atoms with Crippen molar-refractivity contribution in [1.29, 1.82) is 0 Å². The summed E-state index contributed by atoms with van der Waals surface area (Å²) in [4.78, 5) is 0. The maximum absolute atomic E-state index is 13.8. The fraction of sp³-hybridized carbons (Fsp3) is 0.250. The number of hydrogen-bond acceptors (Lipinski definition) is 6. The zero-order valence-electron chi connectivity index (χ0n) is 22.1. The van der Waals surface area contributed by atoms with Gasteiger partial charge in [-0.25, -0.2) is 0 Å². The molecule has 0 saturated heterocycles. The molecule has 0 amide bonds. The summed E-state index contributed by atoms with van der Waals surface area (Å²) in [6.07, 6.45) is 0. The minimum absolute atomic E-state index is 0.00484. The lowest BCUT2D eigenvalue weighted by Gasteiger charge is -2.50. The van der Waals surface area contributed by atoms with Crippen LogP contribution in [0.2, 0.25) is 19.6 Å². The van der Waals surface area contributed by atoms with Crippen molar-refractivity contribution in [2.45, 2.75) is 37.6 Å². The number of rotatable bonds is 9. The van der Waals surface area contributed by atoms with Crippen LogP contribution in [0.1, 0.15) is 5.56 Å². The Balaban J connectivity index is 2.59. The van der Waals surface area contributed by atoms with Crippen LogP contribution in [-0.2, 0) is 28.0 Å². The van der Waals surface area contributed by atoms with Gasteiger partial charge in [-0.15, -0.1) is 0 Å². The van der Waals surface area contributed by atoms with Crippen molar-refractivity contribution in [3.8, 4) is 0 Å². The van der Waals surface area contributed by atoms with Crippen molar-refractivity contribution >= 4 is 58.6 Å². The Morgan fingerprint density at radius 3 is 1.15 bits per heavy atom. The molecular formula is C24H26F6O6S2Si3. The summed E-state index contributed by atoms with van der Waals surface area (Å²) in [6, 6.07) is 20.0. The Morgan fingerprint density at radius 1 is 0.537 bits per heavy atom. The van der Waals surface area contributed by atoms with Crippen LogP contribution in [-0.4, -0.2) is 50.6 Å². The first-order valence-corrected chi connectivity index (χ1v) is 24.0. The summed E-state index contributed by atoms with van der Waals surface area (Å²) in [5, 5.41) is 0.185. The molecule has 2 unspecified atom stereocenters. The second kappa shape index (κ2) is 11.1. The van der Waals surface area contributed by atoms with Crippen molar-refractivity contribution in [3.63, 3.8) is 0 Å². The molecule has 0 radical (unpaired) electrons. The van der Waals surface area contributed by atoms with E-state index in [-0.39, 0.29) is 15.6 Å². The van der Waals surface area contributed by atoms with Gasteiger partial charge in [-0.1, -0.05) is 102 Å². The second-order valence-electron chi connectivity index (χ2n) is 9.76. The van der Waals surface area contributed by atoms with Gasteiger partial charge < -0.3 is 7.74 Å². The molecule has 0 fully saturated rings. The molecule has 0 aliphatic rings. The molecule has 0 spiro atoms. The fourth-order valence-corrected chi connectivity index (χ4v) is 46.3. The number of hydrogen-bond donors (Lipinski definition) is 0. The minimum Gasteiger partial charge on any atom is -0.306 e. The van der Waals surface area contributed by atoms with Gasteiger partial charge in [0.2, 0.25) is 15.7 Å². The standard InChI is InChI=1S/C24H26F6O6S2Si3/c1-19-15-17-22(18-16-19)41(4,39(2,20-11-7-5-8-12-20)35-37(31,32)23(25,26)27)40(3,21-13-9-6-10-14-21)36-38(33,34)24(28,29)30/h5-18H,1-4H3. The predicted octanol–water partition coefficient (Wildman–Crippen LogP) is 4.13. The van der Waals surface area contributed by atoms with Crippen LogP contribution in [0, 0.1) is 6.92 Å². The highest BCUT2D eigenvalue weighted by atomic mass is 32.2. The Kier molecular flexibility index (Phi) is 8.98. The quantitative estimate of drug-likeness (QED) is 0.193. The van der Waals surface area contributed by atoms with Gasteiger partial charge in [0, 0.05) is 0 Å². The number of aryl methyl sites for hydroxylation is 1. The topological polar surface area (TPSA) is 86.7 Å². The van der Waals surface area contributed by atoms with Crippen LogP contribution in [0.25, 0.3) is 0 Å². The summed E-state index contributed by atoms with van der Waals surface area (Å²) in [5.41, 5.74) is -11.1. The summed E-state index contributed by atoms with van der Waals surface area (Å²) in [6.45, 7) is 5.37. The van der Waals surface area contributed by atoms with Crippen molar-refractivity contribution in [3.05, 3.63) is 90.5 Å². The molecule has 0 aromatic heterocycles.